The maximum atomic E-state index is 12.1. The quantitative estimate of drug-likeness (QED) is 0.397. The summed E-state index contributed by atoms with van der Waals surface area (Å²) in [7, 11) is 0. The number of allylic oxidation sites excluding steroid dienone is 1. The molecule has 0 aromatic heterocycles. The Morgan fingerprint density at radius 1 is 0.917 bits per heavy atom. The zero-order valence-electron chi connectivity index (χ0n) is 13.9. The third-order valence-electron chi connectivity index (χ3n) is 3.69. The van der Waals surface area contributed by atoms with Crippen LogP contribution in [0.3, 0.4) is 0 Å². The lowest BCUT2D eigenvalue weighted by Crippen LogP contribution is -1.99. The molecule has 126 valence electrons. The van der Waals surface area contributed by atoms with Crippen LogP contribution in [0.1, 0.15) is 41.6 Å². The second kappa shape index (κ2) is 10.4. The van der Waals surface area contributed by atoms with Gasteiger partial charge in [0.1, 0.15) is 5.75 Å². The van der Waals surface area contributed by atoms with Crippen molar-refractivity contribution in [3.63, 3.8) is 0 Å². The summed E-state index contributed by atoms with van der Waals surface area (Å²) in [6.07, 6.45) is 7.32. The van der Waals surface area contributed by atoms with E-state index in [9.17, 15) is 4.79 Å². The molecule has 0 saturated carbocycles. The van der Waals surface area contributed by atoms with Gasteiger partial charge in [-0.3, -0.25) is 4.79 Å². The Morgan fingerprint density at radius 3 is 2.33 bits per heavy atom. The van der Waals surface area contributed by atoms with Crippen LogP contribution in [0.25, 0.3) is 6.08 Å². The van der Waals surface area contributed by atoms with Crippen molar-refractivity contribution in [1.29, 1.82) is 0 Å². The van der Waals surface area contributed by atoms with Crippen molar-refractivity contribution in [3.8, 4) is 5.75 Å². The highest BCUT2D eigenvalue weighted by atomic mass is 16.5. The Morgan fingerprint density at radius 2 is 1.62 bits per heavy atom. The van der Waals surface area contributed by atoms with Gasteiger partial charge in [0.25, 0.3) is 0 Å². The predicted molar refractivity (Wildman–Crippen MR) is 97.3 cm³/mol. The largest absolute Gasteiger partial charge is 0.494 e. The Bertz CT molecular complexity index is 630. The number of unbranched alkanes of at least 4 members (excludes halogenated alkanes) is 3. The van der Waals surface area contributed by atoms with Crippen molar-refractivity contribution in [2.24, 2.45) is 0 Å². The minimum atomic E-state index is -0.0191. The zero-order valence-corrected chi connectivity index (χ0v) is 13.9. The van der Waals surface area contributed by atoms with E-state index in [1.54, 1.807) is 18.2 Å². The molecule has 0 amide bonds. The van der Waals surface area contributed by atoms with Crippen LogP contribution in [0.2, 0.25) is 0 Å². The van der Waals surface area contributed by atoms with E-state index in [4.69, 9.17) is 9.84 Å². The summed E-state index contributed by atoms with van der Waals surface area (Å²) in [5.41, 5.74) is 1.66. The van der Waals surface area contributed by atoms with Crippen LogP contribution in [0.4, 0.5) is 0 Å². The molecule has 24 heavy (non-hydrogen) atoms. The van der Waals surface area contributed by atoms with E-state index in [-0.39, 0.29) is 12.4 Å². The van der Waals surface area contributed by atoms with Crippen LogP contribution in [-0.2, 0) is 0 Å². The third-order valence-corrected chi connectivity index (χ3v) is 3.69. The molecular formula is C21H24O3. The molecule has 0 fully saturated rings. The molecule has 0 aliphatic heterocycles. The van der Waals surface area contributed by atoms with Crippen molar-refractivity contribution < 1.29 is 14.6 Å². The summed E-state index contributed by atoms with van der Waals surface area (Å²) in [4.78, 5) is 12.1. The summed E-state index contributed by atoms with van der Waals surface area (Å²) < 4.78 is 5.66. The van der Waals surface area contributed by atoms with E-state index >= 15 is 0 Å². The first-order chi connectivity index (χ1) is 11.8. The summed E-state index contributed by atoms with van der Waals surface area (Å²) in [5.74, 6) is 0.759. The fourth-order valence-corrected chi connectivity index (χ4v) is 2.31. The van der Waals surface area contributed by atoms with Gasteiger partial charge in [-0.2, -0.15) is 0 Å². The molecule has 0 radical (unpaired) electrons. The van der Waals surface area contributed by atoms with Crippen LogP contribution >= 0.6 is 0 Å². The second-order valence-corrected chi connectivity index (χ2v) is 5.62. The average molecular weight is 324 g/mol. The highest BCUT2D eigenvalue weighted by Crippen LogP contribution is 2.14. The fraction of sp³-hybridized carbons (Fsp3) is 0.286. The molecule has 0 heterocycles. The molecule has 0 aliphatic rings. The maximum absolute atomic E-state index is 12.1. The molecule has 0 atom stereocenters. The van der Waals surface area contributed by atoms with Gasteiger partial charge in [-0.05, 0) is 55.2 Å². The molecule has 3 nitrogen and oxygen atoms in total. The van der Waals surface area contributed by atoms with Crippen molar-refractivity contribution in [1.82, 2.24) is 0 Å². The minimum absolute atomic E-state index is 0.0191. The third kappa shape index (κ3) is 6.39. The van der Waals surface area contributed by atoms with E-state index in [2.05, 4.69) is 0 Å². The van der Waals surface area contributed by atoms with Crippen LogP contribution in [0, 0.1) is 0 Å². The molecule has 0 bridgehead atoms. The van der Waals surface area contributed by atoms with Crippen LogP contribution in [0.15, 0.2) is 60.7 Å². The summed E-state index contributed by atoms with van der Waals surface area (Å²) in [6.45, 7) is 0.918. The molecule has 2 rings (SSSR count). The monoisotopic (exact) mass is 324 g/mol. The van der Waals surface area contributed by atoms with E-state index in [0.717, 1.165) is 37.0 Å². The number of carbonyl (C=O) groups is 1. The lowest BCUT2D eigenvalue weighted by atomic mass is 10.1. The number of carbonyl (C=O) groups excluding carboxylic acids is 1. The summed E-state index contributed by atoms with van der Waals surface area (Å²) in [6, 6.07) is 17.0. The van der Waals surface area contributed by atoms with Crippen LogP contribution < -0.4 is 4.74 Å². The second-order valence-electron chi connectivity index (χ2n) is 5.62. The van der Waals surface area contributed by atoms with Gasteiger partial charge in [0.15, 0.2) is 5.78 Å². The molecule has 0 spiro atoms. The lowest BCUT2D eigenvalue weighted by Gasteiger charge is -2.06. The van der Waals surface area contributed by atoms with Gasteiger partial charge in [0.2, 0.25) is 0 Å². The van der Waals surface area contributed by atoms with Crippen LogP contribution in [0.5, 0.6) is 5.75 Å². The first-order valence-corrected chi connectivity index (χ1v) is 8.41. The molecule has 3 heteroatoms. The number of aliphatic hydroxyl groups excluding tert-OH is 1. The molecular weight excluding hydrogens is 300 g/mol. The first-order valence-electron chi connectivity index (χ1n) is 8.41. The van der Waals surface area contributed by atoms with Crippen molar-refractivity contribution >= 4 is 11.9 Å². The van der Waals surface area contributed by atoms with Crippen molar-refractivity contribution in [2.45, 2.75) is 25.7 Å². The molecule has 1 N–H and O–H groups in total. The number of hydrogen-bond donors (Lipinski definition) is 1. The normalized spacial score (nSPS) is 10.9. The van der Waals surface area contributed by atoms with Crippen LogP contribution in [-0.4, -0.2) is 24.1 Å². The van der Waals surface area contributed by atoms with Gasteiger partial charge in [-0.15, -0.1) is 0 Å². The lowest BCUT2D eigenvalue weighted by molar-refractivity contribution is 0.104. The highest BCUT2D eigenvalue weighted by Gasteiger charge is 2.02. The first kappa shape index (κ1) is 18.0. The topological polar surface area (TPSA) is 46.5 Å². The van der Waals surface area contributed by atoms with Gasteiger partial charge >= 0.3 is 0 Å². The van der Waals surface area contributed by atoms with Crippen molar-refractivity contribution in [2.75, 3.05) is 13.2 Å². The molecule has 2 aromatic carbocycles. The number of ether oxygens (including phenoxy) is 1. The Kier molecular flexibility index (Phi) is 7.78. The Labute approximate surface area is 143 Å². The predicted octanol–water partition coefficient (Wildman–Crippen LogP) is 4.51. The number of rotatable bonds is 10. The van der Waals surface area contributed by atoms with Crippen molar-refractivity contribution in [3.05, 3.63) is 71.8 Å². The standard InChI is InChI=1S/C21H24O3/c22-16-6-1-2-7-17-24-20-13-11-19(12-14-20)21(23)15-10-18-8-4-3-5-9-18/h3-5,8-15,22H,1-2,6-7,16-17H2/b15-10+. The van der Waals surface area contributed by atoms with Gasteiger partial charge < -0.3 is 9.84 Å². The molecule has 0 saturated heterocycles. The molecule has 0 aliphatic carbocycles. The SMILES string of the molecule is O=C(/C=C/c1ccccc1)c1ccc(OCCCCCCO)cc1. The maximum Gasteiger partial charge on any atom is 0.185 e. The molecule has 0 unspecified atom stereocenters. The van der Waals surface area contributed by atoms with E-state index < -0.39 is 0 Å². The highest BCUT2D eigenvalue weighted by molar-refractivity contribution is 6.06. The Hall–Kier alpha value is -2.39. The Balaban J connectivity index is 1.78. The number of aliphatic hydroxyl groups is 1. The summed E-state index contributed by atoms with van der Waals surface area (Å²) >= 11 is 0. The minimum Gasteiger partial charge on any atom is -0.494 e. The molecule has 2 aromatic rings. The number of ketones is 1. The fourth-order valence-electron chi connectivity index (χ4n) is 2.31. The van der Waals surface area contributed by atoms with Gasteiger partial charge in [-0.25, -0.2) is 0 Å². The number of hydrogen-bond acceptors (Lipinski definition) is 3. The van der Waals surface area contributed by atoms with E-state index in [1.165, 1.54) is 0 Å². The zero-order chi connectivity index (χ0) is 17.0. The average Bonchev–Trinajstić information content (AvgIpc) is 2.64. The van der Waals surface area contributed by atoms with Gasteiger partial charge in [0, 0.05) is 12.2 Å². The van der Waals surface area contributed by atoms with E-state index in [1.807, 2.05) is 48.5 Å². The summed E-state index contributed by atoms with van der Waals surface area (Å²) in [5, 5.41) is 8.71. The van der Waals surface area contributed by atoms with Gasteiger partial charge in [0.05, 0.1) is 6.61 Å². The number of benzene rings is 2. The van der Waals surface area contributed by atoms with Gasteiger partial charge in [-0.1, -0.05) is 42.8 Å². The van der Waals surface area contributed by atoms with E-state index in [0.29, 0.717) is 12.2 Å². The smallest absolute Gasteiger partial charge is 0.185 e.